The molecule has 1 rings (SSSR count). The number of alkyl halides is 3. The fraction of sp³-hybridized carbons (Fsp3) is 0.778. The predicted octanol–water partition coefficient (Wildman–Crippen LogP) is 0.299. The summed E-state index contributed by atoms with van der Waals surface area (Å²) in [4.78, 5) is 19.8. The molecule has 3 N–H and O–H groups in total. The third-order valence-electron chi connectivity index (χ3n) is 2.02. The lowest BCUT2D eigenvalue weighted by atomic mass is 10.1. The molecule has 2 atom stereocenters. The quantitative estimate of drug-likeness (QED) is 0.667. The van der Waals surface area contributed by atoms with Crippen LogP contribution in [0.5, 0.6) is 0 Å². The Kier molecular flexibility index (Phi) is 6.63. The number of methoxy groups -OCH3 is 1. The Morgan fingerprint density at radius 1 is 1.39 bits per heavy atom. The second kappa shape index (κ2) is 7.17. The molecule has 0 aromatic carbocycles. The zero-order valence-corrected chi connectivity index (χ0v) is 9.57. The average Bonchev–Trinajstić information content (AvgIpc) is 2.28. The number of esters is 1. The lowest BCUT2D eigenvalue weighted by Gasteiger charge is -2.24. The van der Waals surface area contributed by atoms with E-state index in [9.17, 15) is 18.0 Å². The molecule has 9 heteroatoms. The summed E-state index contributed by atoms with van der Waals surface area (Å²) in [5.74, 6) is -3.05. The fourth-order valence-corrected chi connectivity index (χ4v) is 1.09. The summed E-state index contributed by atoms with van der Waals surface area (Å²) in [6, 6.07) is 0.0795. The first kappa shape index (κ1) is 16.6. The number of hydrogen-bond acceptors (Lipinski definition) is 5. The number of carbonyl (C=O) groups excluding carboxylic acids is 1. The Labute approximate surface area is 101 Å². The Morgan fingerprint density at radius 3 is 2.17 bits per heavy atom. The fourth-order valence-electron chi connectivity index (χ4n) is 1.09. The first-order valence-corrected chi connectivity index (χ1v) is 4.93. The van der Waals surface area contributed by atoms with Gasteiger partial charge in [0.05, 0.1) is 13.7 Å². The molecule has 0 unspecified atom stereocenters. The van der Waals surface area contributed by atoms with Crippen LogP contribution < -0.4 is 5.73 Å². The van der Waals surface area contributed by atoms with Crippen LogP contribution in [0, 0.1) is 0 Å². The Balaban J connectivity index is 0.000000360. The van der Waals surface area contributed by atoms with E-state index in [-0.39, 0.29) is 18.1 Å². The van der Waals surface area contributed by atoms with Crippen LogP contribution in [0.15, 0.2) is 0 Å². The molecule has 0 saturated carbocycles. The molecule has 0 radical (unpaired) electrons. The number of hydrogen-bond donors (Lipinski definition) is 2. The Morgan fingerprint density at radius 2 is 1.89 bits per heavy atom. The van der Waals surface area contributed by atoms with Gasteiger partial charge in [-0.25, -0.2) is 9.59 Å². The van der Waals surface area contributed by atoms with Crippen molar-refractivity contribution < 1.29 is 37.3 Å². The minimum atomic E-state index is -5.08. The Hall–Kier alpha value is -1.35. The van der Waals surface area contributed by atoms with Crippen LogP contribution in [0.25, 0.3) is 0 Å². The van der Waals surface area contributed by atoms with E-state index in [0.29, 0.717) is 13.0 Å². The Bertz CT molecular complexity index is 286. The van der Waals surface area contributed by atoms with Gasteiger partial charge in [-0.3, -0.25) is 0 Å². The van der Waals surface area contributed by atoms with Crippen LogP contribution in [-0.2, 0) is 19.1 Å². The van der Waals surface area contributed by atoms with Crippen LogP contribution >= 0.6 is 0 Å². The largest absolute Gasteiger partial charge is 0.490 e. The van der Waals surface area contributed by atoms with Gasteiger partial charge in [0.1, 0.15) is 0 Å². The van der Waals surface area contributed by atoms with Crippen molar-refractivity contribution in [1.82, 2.24) is 0 Å². The van der Waals surface area contributed by atoms with E-state index in [2.05, 4.69) is 4.74 Å². The van der Waals surface area contributed by atoms with Crippen molar-refractivity contribution in [3.63, 3.8) is 0 Å². The topological polar surface area (TPSA) is 98.9 Å². The van der Waals surface area contributed by atoms with Crippen molar-refractivity contribution in [3.05, 3.63) is 0 Å². The van der Waals surface area contributed by atoms with Crippen LogP contribution in [0.4, 0.5) is 13.2 Å². The van der Waals surface area contributed by atoms with Crippen LogP contribution in [0.2, 0.25) is 0 Å². The van der Waals surface area contributed by atoms with Crippen molar-refractivity contribution in [2.45, 2.75) is 31.2 Å². The highest BCUT2D eigenvalue weighted by Gasteiger charge is 2.38. The van der Waals surface area contributed by atoms with Crippen molar-refractivity contribution >= 4 is 11.9 Å². The monoisotopic (exact) mass is 273 g/mol. The summed E-state index contributed by atoms with van der Waals surface area (Å²) >= 11 is 0. The molecule has 1 aliphatic heterocycles. The molecule has 0 aromatic rings. The molecule has 0 amide bonds. The van der Waals surface area contributed by atoms with Gasteiger partial charge in [-0.2, -0.15) is 13.2 Å². The molecule has 1 aliphatic rings. The number of carbonyl (C=O) groups is 2. The number of carboxylic acid groups (broad SMARTS) is 1. The molecule has 0 aliphatic carbocycles. The standard InChI is InChI=1S/C7H13NO3.C2HF3O2/c1-10-7(9)6-3-2-5(8)4-11-6;3-2(4,5)1(6)7/h5-6H,2-4,8H2,1H3;(H,6,7)/t5-,6+;/m1./s1. The second-order valence-electron chi connectivity index (χ2n) is 3.49. The molecule has 0 bridgehead atoms. The molecule has 0 spiro atoms. The smallest absolute Gasteiger partial charge is 0.475 e. The van der Waals surface area contributed by atoms with Gasteiger partial charge in [0.25, 0.3) is 0 Å². The summed E-state index contributed by atoms with van der Waals surface area (Å²) in [7, 11) is 1.36. The highest BCUT2D eigenvalue weighted by molar-refractivity contribution is 5.74. The van der Waals surface area contributed by atoms with Gasteiger partial charge in [-0.05, 0) is 12.8 Å². The third-order valence-corrected chi connectivity index (χ3v) is 2.02. The van der Waals surface area contributed by atoms with Crippen molar-refractivity contribution in [1.29, 1.82) is 0 Å². The van der Waals surface area contributed by atoms with Gasteiger partial charge in [-0.15, -0.1) is 0 Å². The summed E-state index contributed by atoms with van der Waals surface area (Å²) in [6.07, 6.45) is -3.96. The van der Waals surface area contributed by atoms with E-state index in [1.165, 1.54) is 7.11 Å². The number of aliphatic carboxylic acids is 1. The molecule has 1 saturated heterocycles. The summed E-state index contributed by atoms with van der Waals surface area (Å²) < 4.78 is 41.4. The number of ether oxygens (including phenoxy) is 2. The van der Waals surface area contributed by atoms with Crippen molar-refractivity contribution in [2.24, 2.45) is 5.73 Å². The molecular weight excluding hydrogens is 259 g/mol. The third kappa shape index (κ3) is 6.40. The number of carboxylic acids is 1. The first-order valence-electron chi connectivity index (χ1n) is 4.93. The zero-order chi connectivity index (χ0) is 14.3. The minimum Gasteiger partial charge on any atom is -0.475 e. The molecule has 6 nitrogen and oxygen atoms in total. The summed E-state index contributed by atoms with van der Waals surface area (Å²) in [6.45, 7) is 0.458. The average molecular weight is 273 g/mol. The summed E-state index contributed by atoms with van der Waals surface area (Å²) in [5.41, 5.74) is 5.56. The van der Waals surface area contributed by atoms with Crippen LogP contribution in [0.3, 0.4) is 0 Å². The molecule has 1 fully saturated rings. The van der Waals surface area contributed by atoms with Gasteiger partial charge in [0.2, 0.25) is 0 Å². The van der Waals surface area contributed by atoms with E-state index in [1.807, 2.05) is 0 Å². The molecule has 0 aromatic heterocycles. The lowest BCUT2D eigenvalue weighted by Crippen LogP contribution is -2.39. The van der Waals surface area contributed by atoms with E-state index < -0.39 is 12.1 Å². The number of halogens is 3. The van der Waals surface area contributed by atoms with E-state index in [4.69, 9.17) is 20.4 Å². The lowest BCUT2D eigenvalue weighted by molar-refractivity contribution is -0.192. The maximum absolute atomic E-state index is 10.9. The van der Waals surface area contributed by atoms with E-state index >= 15 is 0 Å². The van der Waals surface area contributed by atoms with Crippen molar-refractivity contribution in [2.75, 3.05) is 13.7 Å². The van der Waals surface area contributed by atoms with E-state index in [0.717, 1.165) is 6.42 Å². The highest BCUT2D eigenvalue weighted by atomic mass is 19.4. The van der Waals surface area contributed by atoms with Gasteiger partial charge >= 0.3 is 18.1 Å². The van der Waals surface area contributed by atoms with Gasteiger partial charge in [-0.1, -0.05) is 0 Å². The summed E-state index contributed by atoms with van der Waals surface area (Å²) in [5, 5.41) is 7.12. The van der Waals surface area contributed by atoms with Gasteiger partial charge in [0, 0.05) is 6.04 Å². The van der Waals surface area contributed by atoms with Gasteiger partial charge in [0.15, 0.2) is 6.10 Å². The highest BCUT2D eigenvalue weighted by Crippen LogP contribution is 2.13. The first-order chi connectivity index (χ1) is 8.18. The SMILES string of the molecule is COC(=O)[C@@H]1CC[C@@H](N)CO1.O=C(O)C(F)(F)F. The van der Waals surface area contributed by atoms with Crippen LogP contribution in [0.1, 0.15) is 12.8 Å². The number of nitrogens with two attached hydrogens (primary N) is 1. The normalized spacial score (nSPS) is 23.6. The number of rotatable bonds is 1. The molecule has 18 heavy (non-hydrogen) atoms. The molecule has 106 valence electrons. The molecular formula is C9H14F3NO5. The van der Waals surface area contributed by atoms with E-state index in [1.54, 1.807) is 0 Å². The van der Waals surface area contributed by atoms with Gasteiger partial charge < -0.3 is 20.3 Å². The maximum Gasteiger partial charge on any atom is 0.490 e. The molecule has 1 heterocycles. The zero-order valence-electron chi connectivity index (χ0n) is 9.57. The maximum atomic E-state index is 10.9. The predicted molar refractivity (Wildman–Crippen MR) is 52.7 cm³/mol. The van der Waals surface area contributed by atoms with Crippen LogP contribution in [-0.4, -0.2) is 49.1 Å². The van der Waals surface area contributed by atoms with Crippen molar-refractivity contribution in [3.8, 4) is 0 Å². The minimum absolute atomic E-state index is 0.0795. The second-order valence-corrected chi connectivity index (χ2v) is 3.49.